The maximum atomic E-state index is 12.1. The highest BCUT2D eigenvalue weighted by Crippen LogP contribution is 2.25. The number of carbonyl (C=O) groups excluding carboxylic acids is 1. The molecule has 0 saturated carbocycles. The first-order valence-electron chi connectivity index (χ1n) is 10.4. The Morgan fingerprint density at radius 3 is 2.59 bits per heavy atom. The van der Waals surface area contributed by atoms with E-state index in [0.29, 0.717) is 28.9 Å². The molecule has 5 nitrogen and oxygen atoms in total. The molecule has 4 rings (SSSR count). The molecule has 0 unspecified atom stereocenters. The van der Waals surface area contributed by atoms with Gasteiger partial charge in [0.15, 0.2) is 6.61 Å². The molecule has 0 aliphatic carbocycles. The molecule has 164 valence electrons. The topological polar surface area (TPSA) is 56.1 Å². The minimum absolute atomic E-state index is 0.00239. The average Bonchev–Trinajstić information content (AvgIpc) is 3.15. The van der Waals surface area contributed by atoms with Crippen LogP contribution in [0.2, 0.25) is 10.0 Å². The van der Waals surface area contributed by atoms with Gasteiger partial charge < -0.3 is 14.6 Å². The molecule has 1 aromatic heterocycles. The molecule has 32 heavy (non-hydrogen) atoms. The van der Waals surface area contributed by atoms with E-state index in [-0.39, 0.29) is 12.5 Å². The van der Waals surface area contributed by atoms with E-state index in [1.165, 1.54) is 0 Å². The van der Waals surface area contributed by atoms with Crippen LogP contribution in [-0.4, -0.2) is 28.6 Å². The van der Waals surface area contributed by atoms with Crippen LogP contribution < -0.4 is 10.1 Å². The molecule has 0 atom stereocenters. The van der Waals surface area contributed by atoms with Crippen LogP contribution in [0.4, 0.5) is 0 Å². The van der Waals surface area contributed by atoms with Crippen LogP contribution in [-0.2, 0) is 17.8 Å². The number of aromatic nitrogens is 2. The largest absolute Gasteiger partial charge is 0.484 e. The van der Waals surface area contributed by atoms with E-state index in [2.05, 4.69) is 16.0 Å². The van der Waals surface area contributed by atoms with Gasteiger partial charge in [-0.25, -0.2) is 4.98 Å². The van der Waals surface area contributed by atoms with Gasteiger partial charge in [0.05, 0.1) is 17.6 Å². The zero-order chi connectivity index (χ0) is 22.3. The van der Waals surface area contributed by atoms with Crippen LogP contribution in [0.1, 0.15) is 17.8 Å². The van der Waals surface area contributed by atoms with E-state index in [1.54, 1.807) is 6.07 Å². The number of imidazole rings is 1. The van der Waals surface area contributed by atoms with Crippen molar-refractivity contribution >= 4 is 40.1 Å². The fourth-order valence-corrected chi connectivity index (χ4v) is 3.97. The van der Waals surface area contributed by atoms with Gasteiger partial charge in [0.1, 0.15) is 11.6 Å². The lowest BCUT2D eigenvalue weighted by Gasteiger charge is -2.12. The lowest BCUT2D eigenvalue weighted by atomic mass is 10.2. The van der Waals surface area contributed by atoms with Crippen LogP contribution in [0.25, 0.3) is 11.0 Å². The minimum Gasteiger partial charge on any atom is -0.484 e. The number of amides is 1. The summed E-state index contributed by atoms with van der Waals surface area (Å²) in [5.41, 5.74) is 2.97. The van der Waals surface area contributed by atoms with Gasteiger partial charge in [0.2, 0.25) is 0 Å². The van der Waals surface area contributed by atoms with Crippen molar-refractivity contribution in [3.8, 4) is 5.75 Å². The van der Waals surface area contributed by atoms with Crippen LogP contribution in [0, 0.1) is 0 Å². The molecule has 0 radical (unpaired) electrons. The lowest BCUT2D eigenvalue weighted by molar-refractivity contribution is -0.123. The second kappa shape index (κ2) is 10.5. The van der Waals surface area contributed by atoms with E-state index >= 15 is 0 Å². The van der Waals surface area contributed by atoms with Crippen molar-refractivity contribution in [2.45, 2.75) is 19.4 Å². The Bertz CT molecular complexity index is 1210. The minimum atomic E-state index is -0.143. The van der Waals surface area contributed by atoms with Gasteiger partial charge in [-0.2, -0.15) is 0 Å². The normalized spacial score (nSPS) is 10.9. The van der Waals surface area contributed by atoms with E-state index in [9.17, 15) is 4.79 Å². The summed E-state index contributed by atoms with van der Waals surface area (Å²) in [4.78, 5) is 16.9. The summed E-state index contributed by atoms with van der Waals surface area (Å²) in [6.07, 6.45) is 1.48. The third kappa shape index (κ3) is 5.61. The van der Waals surface area contributed by atoms with E-state index in [0.717, 1.165) is 35.3 Å². The molecule has 1 heterocycles. The highest BCUT2D eigenvalue weighted by molar-refractivity contribution is 6.35. The van der Waals surface area contributed by atoms with Gasteiger partial charge in [-0.05, 0) is 48.4 Å². The fraction of sp³-hybridized carbons (Fsp3) is 0.200. The third-order valence-corrected chi connectivity index (χ3v) is 5.68. The van der Waals surface area contributed by atoms with Crippen LogP contribution in [0.3, 0.4) is 0 Å². The predicted molar refractivity (Wildman–Crippen MR) is 129 cm³/mol. The van der Waals surface area contributed by atoms with Gasteiger partial charge in [0, 0.05) is 23.0 Å². The van der Waals surface area contributed by atoms with Crippen molar-refractivity contribution in [1.29, 1.82) is 0 Å². The molecule has 0 fully saturated rings. The van der Waals surface area contributed by atoms with E-state index in [1.807, 2.05) is 60.7 Å². The molecule has 0 aliphatic rings. The highest BCUT2D eigenvalue weighted by atomic mass is 35.5. The number of hydrogen-bond donors (Lipinski definition) is 1. The molecule has 1 N–H and O–H groups in total. The number of rotatable bonds is 9. The molecular weight excluding hydrogens is 445 g/mol. The number of nitrogens with one attached hydrogen (secondary N) is 1. The summed E-state index contributed by atoms with van der Waals surface area (Å²) in [5.74, 6) is 1.49. The third-order valence-electron chi connectivity index (χ3n) is 5.09. The first kappa shape index (κ1) is 22.2. The Labute approximate surface area is 196 Å². The first-order valence-corrected chi connectivity index (χ1v) is 11.2. The highest BCUT2D eigenvalue weighted by Gasteiger charge is 2.13. The number of para-hydroxylation sites is 3. The zero-order valence-corrected chi connectivity index (χ0v) is 18.9. The fourth-order valence-electron chi connectivity index (χ4n) is 3.50. The molecule has 3 aromatic carbocycles. The molecule has 4 aromatic rings. The summed E-state index contributed by atoms with van der Waals surface area (Å²) in [7, 11) is 0. The Morgan fingerprint density at radius 1 is 1.00 bits per heavy atom. The Balaban J connectivity index is 1.37. The van der Waals surface area contributed by atoms with Gasteiger partial charge >= 0.3 is 0 Å². The number of ether oxygens (including phenoxy) is 1. The summed E-state index contributed by atoms with van der Waals surface area (Å²) in [6, 6.07) is 22.9. The number of halogens is 2. The van der Waals surface area contributed by atoms with Crippen molar-refractivity contribution in [3.05, 3.63) is 94.2 Å². The Morgan fingerprint density at radius 2 is 1.78 bits per heavy atom. The van der Waals surface area contributed by atoms with Gasteiger partial charge in [-0.1, -0.05) is 59.6 Å². The van der Waals surface area contributed by atoms with Gasteiger partial charge in [0.25, 0.3) is 5.91 Å². The van der Waals surface area contributed by atoms with Crippen molar-refractivity contribution in [1.82, 2.24) is 14.9 Å². The molecule has 1 amide bonds. The first-order chi connectivity index (χ1) is 15.6. The van der Waals surface area contributed by atoms with Gasteiger partial charge in [-0.3, -0.25) is 4.79 Å². The van der Waals surface area contributed by atoms with Crippen molar-refractivity contribution in [2.75, 3.05) is 13.2 Å². The maximum Gasteiger partial charge on any atom is 0.257 e. The number of fused-ring (bicyclic) bond motifs is 1. The molecular formula is C25H23Cl2N3O2. The zero-order valence-electron chi connectivity index (χ0n) is 17.4. The molecule has 0 bridgehead atoms. The number of nitrogens with zero attached hydrogens (tertiary/aromatic N) is 2. The number of benzene rings is 3. The van der Waals surface area contributed by atoms with E-state index in [4.69, 9.17) is 32.9 Å². The Hall–Kier alpha value is -3.02. The summed E-state index contributed by atoms with van der Waals surface area (Å²) in [6.45, 7) is 1.14. The second-order valence-corrected chi connectivity index (χ2v) is 8.24. The van der Waals surface area contributed by atoms with Crippen molar-refractivity contribution < 1.29 is 9.53 Å². The Kier molecular flexibility index (Phi) is 7.30. The number of aryl methyl sites for hydroxylation is 1. The molecule has 0 aliphatic heterocycles. The molecule has 0 saturated heterocycles. The standard InChI is InChI=1S/C25H23Cl2N3O2/c26-19-13-12-18(21(27)15-19)16-30-23-10-5-4-9-22(23)29-24(30)11-6-14-28-25(31)17-32-20-7-2-1-3-8-20/h1-5,7-10,12-13,15H,6,11,14,16-17H2,(H,28,31). The second-order valence-electron chi connectivity index (χ2n) is 7.39. The van der Waals surface area contributed by atoms with Gasteiger partial charge in [-0.15, -0.1) is 0 Å². The predicted octanol–water partition coefficient (Wildman–Crippen LogP) is 5.52. The lowest BCUT2D eigenvalue weighted by Crippen LogP contribution is -2.30. The van der Waals surface area contributed by atoms with E-state index < -0.39 is 0 Å². The van der Waals surface area contributed by atoms with Crippen molar-refractivity contribution in [2.24, 2.45) is 0 Å². The van der Waals surface area contributed by atoms with Crippen molar-refractivity contribution in [3.63, 3.8) is 0 Å². The smallest absolute Gasteiger partial charge is 0.257 e. The maximum absolute atomic E-state index is 12.1. The molecule has 0 spiro atoms. The van der Waals surface area contributed by atoms with Crippen LogP contribution in [0.15, 0.2) is 72.8 Å². The van der Waals surface area contributed by atoms with Crippen LogP contribution in [0.5, 0.6) is 5.75 Å². The number of carbonyl (C=O) groups is 1. The monoisotopic (exact) mass is 467 g/mol. The molecule has 7 heteroatoms. The summed E-state index contributed by atoms with van der Waals surface area (Å²) < 4.78 is 7.65. The summed E-state index contributed by atoms with van der Waals surface area (Å²) >= 11 is 12.5. The quantitative estimate of drug-likeness (QED) is 0.329. The average molecular weight is 468 g/mol. The number of hydrogen-bond acceptors (Lipinski definition) is 3. The van der Waals surface area contributed by atoms with Crippen LogP contribution >= 0.6 is 23.2 Å². The summed E-state index contributed by atoms with van der Waals surface area (Å²) in [5, 5.41) is 4.15. The SMILES string of the molecule is O=C(COc1ccccc1)NCCCc1nc2ccccc2n1Cc1ccc(Cl)cc1Cl.